The van der Waals surface area contributed by atoms with Crippen molar-refractivity contribution in [3.05, 3.63) is 23.9 Å². The molecule has 4 atom stereocenters. The molecule has 1 aromatic rings. The van der Waals surface area contributed by atoms with E-state index in [1.54, 1.807) is 19.4 Å². The molecule has 2 bridgehead atoms. The summed E-state index contributed by atoms with van der Waals surface area (Å²) >= 11 is 0. The van der Waals surface area contributed by atoms with E-state index < -0.39 is 11.5 Å². The van der Waals surface area contributed by atoms with E-state index >= 15 is 0 Å². The van der Waals surface area contributed by atoms with Gasteiger partial charge < -0.3 is 9.84 Å². The SMILES string of the molecule is COc1ccc(C(O)C2(C#N)CC3CCC2C3)cn1. The first-order valence-corrected chi connectivity index (χ1v) is 6.79. The van der Waals surface area contributed by atoms with Crippen molar-refractivity contribution in [3.8, 4) is 11.9 Å². The van der Waals surface area contributed by atoms with Crippen LogP contribution in [0.5, 0.6) is 5.88 Å². The van der Waals surface area contributed by atoms with Gasteiger partial charge in [0.1, 0.15) is 0 Å². The lowest BCUT2D eigenvalue weighted by Crippen LogP contribution is -2.33. The van der Waals surface area contributed by atoms with Gasteiger partial charge in [0.15, 0.2) is 0 Å². The first-order chi connectivity index (χ1) is 9.19. The predicted octanol–water partition coefficient (Wildman–Crippen LogP) is 2.45. The Morgan fingerprint density at radius 2 is 2.37 bits per heavy atom. The average Bonchev–Trinajstić information content (AvgIpc) is 3.07. The van der Waals surface area contributed by atoms with Gasteiger partial charge in [0, 0.05) is 17.8 Å². The highest BCUT2D eigenvalue weighted by atomic mass is 16.5. The molecule has 4 nitrogen and oxygen atoms in total. The maximum Gasteiger partial charge on any atom is 0.212 e. The number of pyridine rings is 1. The number of hydrogen-bond donors (Lipinski definition) is 1. The third kappa shape index (κ3) is 1.81. The second-order valence-corrected chi connectivity index (χ2v) is 5.77. The minimum Gasteiger partial charge on any atom is -0.481 e. The van der Waals surface area contributed by atoms with Crippen LogP contribution < -0.4 is 4.74 Å². The quantitative estimate of drug-likeness (QED) is 0.904. The summed E-state index contributed by atoms with van der Waals surface area (Å²) in [7, 11) is 1.56. The van der Waals surface area contributed by atoms with Crippen LogP contribution in [0.3, 0.4) is 0 Å². The zero-order valence-corrected chi connectivity index (χ0v) is 11.0. The molecule has 1 N–H and O–H groups in total. The summed E-state index contributed by atoms with van der Waals surface area (Å²) in [4.78, 5) is 4.13. The Labute approximate surface area is 113 Å². The molecule has 2 aliphatic carbocycles. The van der Waals surface area contributed by atoms with Crippen LogP contribution in [0.15, 0.2) is 18.3 Å². The third-order valence-electron chi connectivity index (χ3n) is 4.88. The Hall–Kier alpha value is -1.60. The minimum atomic E-state index is -0.744. The lowest BCUT2D eigenvalue weighted by molar-refractivity contribution is 0.0230. The molecule has 1 heterocycles. The molecule has 2 fully saturated rings. The number of fused-ring (bicyclic) bond motifs is 2. The number of aliphatic hydroxyl groups is 1. The molecule has 4 heteroatoms. The van der Waals surface area contributed by atoms with Crippen LogP contribution in [0, 0.1) is 28.6 Å². The Balaban J connectivity index is 1.89. The van der Waals surface area contributed by atoms with E-state index in [1.165, 1.54) is 6.42 Å². The van der Waals surface area contributed by atoms with Crippen LogP contribution in [0.2, 0.25) is 0 Å². The maximum atomic E-state index is 10.7. The van der Waals surface area contributed by atoms with Gasteiger partial charge in [-0.15, -0.1) is 0 Å². The van der Waals surface area contributed by atoms with Crippen molar-refractivity contribution in [2.75, 3.05) is 7.11 Å². The van der Waals surface area contributed by atoms with Crippen molar-refractivity contribution < 1.29 is 9.84 Å². The number of rotatable bonds is 3. The van der Waals surface area contributed by atoms with Crippen molar-refractivity contribution in [1.82, 2.24) is 4.98 Å². The van der Waals surface area contributed by atoms with E-state index in [-0.39, 0.29) is 0 Å². The van der Waals surface area contributed by atoms with Gasteiger partial charge in [-0.1, -0.05) is 6.42 Å². The van der Waals surface area contributed by atoms with Crippen LogP contribution in [-0.2, 0) is 0 Å². The van der Waals surface area contributed by atoms with Gasteiger partial charge in [-0.25, -0.2) is 4.98 Å². The minimum absolute atomic E-state index is 0.333. The van der Waals surface area contributed by atoms with Crippen molar-refractivity contribution in [2.24, 2.45) is 17.3 Å². The number of aromatic nitrogens is 1. The first-order valence-electron chi connectivity index (χ1n) is 6.79. The van der Waals surface area contributed by atoms with Gasteiger partial charge in [-0.2, -0.15) is 5.26 Å². The Kier molecular flexibility index (Phi) is 2.94. The molecule has 0 aliphatic heterocycles. The fourth-order valence-corrected chi connectivity index (χ4v) is 3.88. The average molecular weight is 258 g/mol. The molecule has 100 valence electrons. The lowest BCUT2D eigenvalue weighted by Gasteiger charge is -2.35. The van der Waals surface area contributed by atoms with Crippen LogP contribution in [0.25, 0.3) is 0 Å². The van der Waals surface area contributed by atoms with Crippen molar-refractivity contribution >= 4 is 0 Å². The number of hydrogen-bond acceptors (Lipinski definition) is 4. The molecule has 2 saturated carbocycles. The number of nitriles is 1. The van der Waals surface area contributed by atoms with Gasteiger partial charge in [0.05, 0.1) is 24.7 Å². The molecule has 2 aliphatic rings. The van der Waals surface area contributed by atoms with Gasteiger partial charge in [-0.05, 0) is 37.2 Å². The van der Waals surface area contributed by atoms with E-state index in [0.717, 1.165) is 24.8 Å². The lowest BCUT2D eigenvalue weighted by atomic mass is 9.69. The molecular formula is C15H18N2O2. The normalized spacial score (nSPS) is 33.9. The molecule has 19 heavy (non-hydrogen) atoms. The maximum absolute atomic E-state index is 10.7. The molecular weight excluding hydrogens is 240 g/mol. The van der Waals surface area contributed by atoms with Gasteiger partial charge in [0.2, 0.25) is 5.88 Å². The molecule has 0 aromatic carbocycles. The highest BCUT2D eigenvalue weighted by Gasteiger charge is 2.55. The van der Waals surface area contributed by atoms with Gasteiger partial charge >= 0.3 is 0 Å². The van der Waals surface area contributed by atoms with Crippen molar-refractivity contribution in [1.29, 1.82) is 5.26 Å². The number of methoxy groups -OCH3 is 1. The summed E-state index contributed by atoms with van der Waals surface area (Å²) in [5, 5.41) is 20.3. The zero-order valence-electron chi connectivity index (χ0n) is 11.0. The van der Waals surface area contributed by atoms with Gasteiger partial charge in [0.25, 0.3) is 0 Å². The van der Waals surface area contributed by atoms with E-state index in [4.69, 9.17) is 4.74 Å². The monoisotopic (exact) mass is 258 g/mol. The fraction of sp³-hybridized carbons (Fsp3) is 0.600. The summed E-state index contributed by atoms with van der Waals surface area (Å²) in [5.41, 5.74) is 0.106. The van der Waals surface area contributed by atoms with Crippen molar-refractivity contribution in [3.63, 3.8) is 0 Å². The summed E-state index contributed by atoms with van der Waals surface area (Å²) in [6, 6.07) is 5.97. The first kappa shape index (κ1) is 12.4. The van der Waals surface area contributed by atoms with E-state index in [9.17, 15) is 10.4 Å². The molecule has 0 spiro atoms. The molecule has 1 aromatic heterocycles. The Morgan fingerprint density at radius 1 is 1.53 bits per heavy atom. The van der Waals surface area contributed by atoms with Crippen molar-refractivity contribution in [2.45, 2.75) is 31.8 Å². The van der Waals surface area contributed by atoms with E-state index in [0.29, 0.717) is 17.7 Å². The molecule has 0 amide bonds. The number of nitrogens with zero attached hydrogens (tertiary/aromatic N) is 2. The summed E-state index contributed by atoms with van der Waals surface area (Å²) in [5.74, 6) is 1.47. The molecule has 0 saturated heterocycles. The molecule has 0 radical (unpaired) electrons. The van der Waals surface area contributed by atoms with Crippen LogP contribution in [0.1, 0.15) is 37.4 Å². The number of ether oxygens (including phenoxy) is 1. The van der Waals surface area contributed by atoms with Gasteiger partial charge in [-0.3, -0.25) is 0 Å². The Morgan fingerprint density at radius 3 is 2.84 bits per heavy atom. The Bertz CT molecular complexity index is 508. The predicted molar refractivity (Wildman–Crippen MR) is 69.2 cm³/mol. The zero-order chi connectivity index (χ0) is 13.5. The molecule has 3 rings (SSSR count). The fourth-order valence-electron chi connectivity index (χ4n) is 3.88. The van der Waals surface area contributed by atoms with E-state index in [2.05, 4.69) is 11.1 Å². The second-order valence-electron chi connectivity index (χ2n) is 5.77. The van der Waals surface area contributed by atoms with Crippen LogP contribution in [-0.4, -0.2) is 17.2 Å². The van der Waals surface area contributed by atoms with Crippen LogP contribution in [0.4, 0.5) is 0 Å². The largest absolute Gasteiger partial charge is 0.481 e. The topological polar surface area (TPSA) is 66.1 Å². The number of aliphatic hydroxyl groups excluding tert-OH is 1. The molecule has 4 unspecified atom stereocenters. The second kappa shape index (κ2) is 4.50. The highest BCUT2D eigenvalue weighted by Crippen LogP contribution is 2.60. The van der Waals surface area contributed by atoms with Crippen LogP contribution >= 0.6 is 0 Å². The third-order valence-corrected chi connectivity index (χ3v) is 4.88. The smallest absolute Gasteiger partial charge is 0.212 e. The highest BCUT2D eigenvalue weighted by molar-refractivity contribution is 5.26. The summed E-state index contributed by atoms with van der Waals surface area (Å²) in [6.07, 6.45) is 5.07. The van der Waals surface area contributed by atoms with E-state index in [1.807, 2.05) is 6.07 Å². The standard InChI is InChI=1S/C15H18N2O2/c1-19-13-5-3-11(8-17-13)14(18)15(9-16)7-10-2-4-12(15)6-10/h3,5,8,10,12,14,18H,2,4,6-7H2,1H3. The summed E-state index contributed by atoms with van der Waals surface area (Å²) < 4.78 is 5.02. The summed E-state index contributed by atoms with van der Waals surface area (Å²) in [6.45, 7) is 0.